The zero-order valence-electron chi connectivity index (χ0n) is 9.60. The van der Waals surface area contributed by atoms with Crippen LogP contribution in [0.3, 0.4) is 0 Å². The second-order valence-corrected chi connectivity index (χ2v) is 5.32. The highest BCUT2D eigenvalue weighted by Crippen LogP contribution is 2.31. The molecule has 0 heterocycles. The van der Waals surface area contributed by atoms with E-state index in [4.69, 9.17) is 11.6 Å². The number of halogens is 1. The van der Waals surface area contributed by atoms with Crippen LogP contribution in [0.25, 0.3) is 0 Å². The van der Waals surface area contributed by atoms with E-state index in [1.807, 2.05) is 0 Å². The van der Waals surface area contributed by atoms with Gasteiger partial charge in [0.2, 0.25) is 0 Å². The van der Waals surface area contributed by atoms with E-state index in [0.717, 1.165) is 5.92 Å². The SMILES string of the molecule is CCCCCCC1CCCCCC1Cl. The van der Waals surface area contributed by atoms with Crippen LogP contribution in [-0.4, -0.2) is 5.38 Å². The summed E-state index contributed by atoms with van der Waals surface area (Å²) in [6.45, 7) is 2.27. The topological polar surface area (TPSA) is 0 Å². The van der Waals surface area contributed by atoms with Crippen LogP contribution in [0.1, 0.15) is 71.1 Å². The quantitative estimate of drug-likeness (QED) is 0.339. The van der Waals surface area contributed by atoms with Crippen LogP contribution in [0.4, 0.5) is 0 Å². The predicted molar refractivity (Wildman–Crippen MR) is 65.0 cm³/mol. The van der Waals surface area contributed by atoms with Crippen molar-refractivity contribution in [3.63, 3.8) is 0 Å². The van der Waals surface area contributed by atoms with Gasteiger partial charge < -0.3 is 0 Å². The first-order valence-corrected chi connectivity index (χ1v) is 6.92. The summed E-state index contributed by atoms with van der Waals surface area (Å²) in [7, 11) is 0. The zero-order chi connectivity index (χ0) is 10.2. The van der Waals surface area contributed by atoms with Gasteiger partial charge in [0.05, 0.1) is 0 Å². The molecule has 0 aromatic rings. The summed E-state index contributed by atoms with van der Waals surface area (Å²) in [5.74, 6) is 0.830. The molecule has 1 fully saturated rings. The molecule has 0 radical (unpaired) electrons. The van der Waals surface area contributed by atoms with Crippen molar-refractivity contribution in [2.24, 2.45) is 5.92 Å². The number of hydrogen-bond donors (Lipinski definition) is 0. The molecule has 1 rings (SSSR count). The smallest absolute Gasteiger partial charge is 0.0364 e. The lowest BCUT2D eigenvalue weighted by molar-refractivity contribution is 0.412. The molecular weight excluding hydrogens is 192 g/mol. The first-order valence-electron chi connectivity index (χ1n) is 6.48. The van der Waals surface area contributed by atoms with Gasteiger partial charge in [-0.1, -0.05) is 51.9 Å². The second kappa shape index (κ2) is 7.56. The highest BCUT2D eigenvalue weighted by Gasteiger charge is 2.20. The first-order chi connectivity index (χ1) is 6.84. The second-order valence-electron chi connectivity index (χ2n) is 4.76. The highest BCUT2D eigenvalue weighted by molar-refractivity contribution is 6.20. The minimum absolute atomic E-state index is 0.485. The number of unbranched alkanes of at least 4 members (excludes halogenated alkanes) is 3. The van der Waals surface area contributed by atoms with Crippen LogP contribution < -0.4 is 0 Å². The summed E-state index contributed by atoms with van der Waals surface area (Å²) in [5, 5.41) is 0.485. The van der Waals surface area contributed by atoms with Gasteiger partial charge in [0.1, 0.15) is 0 Å². The summed E-state index contributed by atoms with van der Waals surface area (Å²) in [6, 6.07) is 0. The van der Waals surface area contributed by atoms with Crippen LogP contribution >= 0.6 is 11.6 Å². The number of rotatable bonds is 5. The van der Waals surface area contributed by atoms with Crippen LogP contribution in [0.5, 0.6) is 0 Å². The van der Waals surface area contributed by atoms with Crippen molar-refractivity contribution in [3.05, 3.63) is 0 Å². The van der Waals surface area contributed by atoms with Crippen molar-refractivity contribution < 1.29 is 0 Å². The molecule has 84 valence electrons. The molecule has 0 bridgehead atoms. The van der Waals surface area contributed by atoms with E-state index in [-0.39, 0.29) is 0 Å². The summed E-state index contributed by atoms with van der Waals surface area (Å²) in [6.07, 6.45) is 13.8. The first kappa shape index (κ1) is 12.4. The molecule has 1 heteroatoms. The Morgan fingerprint density at radius 1 is 1.00 bits per heavy atom. The Morgan fingerprint density at radius 3 is 2.57 bits per heavy atom. The summed E-state index contributed by atoms with van der Waals surface area (Å²) in [5.41, 5.74) is 0. The van der Waals surface area contributed by atoms with Gasteiger partial charge in [0, 0.05) is 5.38 Å². The third-order valence-corrected chi connectivity index (χ3v) is 4.07. The monoisotopic (exact) mass is 216 g/mol. The molecule has 2 unspecified atom stereocenters. The maximum atomic E-state index is 6.40. The number of hydrogen-bond acceptors (Lipinski definition) is 0. The third kappa shape index (κ3) is 4.68. The fourth-order valence-electron chi connectivity index (χ4n) is 2.50. The fourth-order valence-corrected chi connectivity index (χ4v) is 2.90. The Kier molecular flexibility index (Phi) is 6.68. The number of alkyl halides is 1. The van der Waals surface area contributed by atoms with Crippen molar-refractivity contribution in [2.75, 3.05) is 0 Å². The van der Waals surface area contributed by atoms with E-state index in [2.05, 4.69) is 6.92 Å². The molecule has 1 aliphatic carbocycles. The molecule has 1 aliphatic rings. The Bertz CT molecular complexity index is 133. The maximum Gasteiger partial charge on any atom is 0.0364 e. The average Bonchev–Trinajstić information content (AvgIpc) is 2.39. The van der Waals surface area contributed by atoms with Crippen molar-refractivity contribution in [2.45, 2.75) is 76.5 Å². The molecule has 0 nitrogen and oxygen atoms in total. The summed E-state index contributed by atoms with van der Waals surface area (Å²) >= 11 is 6.40. The Labute approximate surface area is 94.4 Å². The minimum Gasteiger partial charge on any atom is -0.123 e. The Balaban J connectivity index is 2.13. The highest BCUT2D eigenvalue weighted by atomic mass is 35.5. The van der Waals surface area contributed by atoms with E-state index < -0.39 is 0 Å². The zero-order valence-corrected chi connectivity index (χ0v) is 10.4. The van der Waals surface area contributed by atoms with Crippen molar-refractivity contribution in [3.8, 4) is 0 Å². The van der Waals surface area contributed by atoms with Crippen molar-refractivity contribution in [1.82, 2.24) is 0 Å². The van der Waals surface area contributed by atoms with E-state index >= 15 is 0 Å². The van der Waals surface area contributed by atoms with Crippen LogP contribution in [0.2, 0.25) is 0 Å². The van der Waals surface area contributed by atoms with Crippen LogP contribution in [0, 0.1) is 5.92 Å². The summed E-state index contributed by atoms with van der Waals surface area (Å²) < 4.78 is 0. The summed E-state index contributed by atoms with van der Waals surface area (Å²) in [4.78, 5) is 0. The molecule has 0 saturated heterocycles. The van der Waals surface area contributed by atoms with Crippen molar-refractivity contribution in [1.29, 1.82) is 0 Å². The van der Waals surface area contributed by atoms with Gasteiger partial charge in [0.15, 0.2) is 0 Å². The minimum atomic E-state index is 0.485. The average molecular weight is 217 g/mol. The largest absolute Gasteiger partial charge is 0.123 e. The normalized spacial score (nSPS) is 28.7. The molecule has 1 saturated carbocycles. The Morgan fingerprint density at radius 2 is 1.79 bits per heavy atom. The molecule has 0 aliphatic heterocycles. The molecule has 0 aromatic carbocycles. The predicted octanol–water partition coefficient (Wildman–Crippen LogP) is 5.14. The van der Waals surface area contributed by atoms with Gasteiger partial charge in [-0.2, -0.15) is 0 Å². The standard InChI is InChI=1S/C13H25Cl/c1-2-3-4-6-9-12-10-7-5-8-11-13(12)14/h12-13H,2-11H2,1H3. The molecule has 0 spiro atoms. The van der Waals surface area contributed by atoms with Gasteiger partial charge in [-0.15, -0.1) is 11.6 Å². The molecule has 2 atom stereocenters. The Hall–Kier alpha value is 0.290. The molecule has 0 N–H and O–H groups in total. The van der Waals surface area contributed by atoms with E-state index in [1.54, 1.807) is 0 Å². The molecule has 14 heavy (non-hydrogen) atoms. The molecule has 0 amide bonds. The van der Waals surface area contributed by atoms with Gasteiger partial charge in [-0.3, -0.25) is 0 Å². The molecule has 0 aromatic heterocycles. The maximum absolute atomic E-state index is 6.40. The van der Waals surface area contributed by atoms with Gasteiger partial charge in [-0.25, -0.2) is 0 Å². The lowest BCUT2D eigenvalue weighted by Crippen LogP contribution is -2.12. The van der Waals surface area contributed by atoms with Crippen molar-refractivity contribution >= 4 is 11.6 Å². The van der Waals surface area contributed by atoms with E-state index in [9.17, 15) is 0 Å². The van der Waals surface area contributed by atoms with E-state index in [1.165, 1.54) is 64.2 Å². The van der Waals surface area contributed by atoms with Crippen LogP contribution in [0.15, 0.2) is 0 Å². The fraction of sp³-hybridized carbons (Fsp3) is 1.00. The van der Waals surface area contributed by atoms with Gasteiger partial charge >= 0.3 is 0 Å². The van der Waals surface area contributed by atoms with Gasteiger partial charge in [0.25, 0.3) is 0 Å². The van der Waals surface area contributed by atoms with Crippen LogP contribution in [-0.2, 0) is 0 Å². The van der Waals surface area contributed by atoms with Gasteiger partial charge in [-0.05, 0) is 25.2 Å². The lowest BCUT2D eigenvalue weighted by atomic mass is 9.93. The third-order valence-electron chi connectivity index (χ3n) is 3.49. The lowest BCUT2D eigenvalue weighted by Gasteiger charge is -2.19. The van der Waals surface area contributed by atoms with E-state index in [0.29, 0.717) is 5.38 Å². The molecular formula is C13H25Cl.